The molecule has 0 aliphatic rings. The van der Waals surface area contributed by atoms with Gasteiger partial charge in [0.2, 0.25) is 0 Å². The number of nitrogens with zero attached hydrogens (tertiary/aromatic N) is 2. The summed E-state index contributed by atoms with van der Waals surface area (Å²) in [5, 5.41) is 15.2. The summed E-state index contributed by atoms with van der Waals surface area (Å²) in [7, 11) is 0. The number of carbonyl (C=O) groups excluding carboxylic acids is 2. The van der Waals surface area contributed by atoms with E-state index in [9.17, 15) is 19.7 Å². The van der Waals surface area contributed by atoms with Crippen molar-refractivity contribution in [1.82, 2.24) is 5.43 Å². The number of halogens is 1. The second-order valence-corrected chi connectivity index (χ2v) is 6.71. The van der Waals surface area contributed by atoms with Gasteiger partial charge in [-0.15, -0.1) is 0 Å². The van der Waals surface area contributed by atoms with Crippen LogP contribution in [-0.4, -0.2) is 29.6 Å². The molecule has 1 amide bonds. The van der Waals surface area contributed by atoms with Crippen LogP contribution in [-0.2, 0) is 4.79 Å². The first-order valence-corrected chi connectivity index (χ1v) is 9.56. The number of amides is 1. The molecule has 0 aliphatic carbocycles. The van der Waals surface area contributed by atoms with Crippen LogP contribution in [0.1, 0.15) is 15.9 Å². The molecular weight excluding hydrogens is 438 g/mol. The Labute approximate surface area is 187 Å². The zero-order valence-electron chi connectivity index (χ0n) is 16.4. The van der Waals surface area contributed by atoms with Crippen molar-refractivity contribution in [1.29, 1.82) is 0 Å². The molecule has 3 rings (SSSR count). The molecule has 0 bridgehead atoms. The summed E-state index contributed by atoms with van der Waals surface area (Å²) in [4.78, 5) is 34.3. The van der Waals surface area contributed by atoms with E-state index in [1.807, 2.05) is 0 Å². The highest BCUT2D eigenvalue weighted by Crippen LogP contribution is 2.25. The summed E-state index contributed by atoms with van der Waals surface area (Å²) >= 11 is 5.87. The standard InChI is InChI=1S/C22H16ClN3O6/c23-17-5-3-4-16(12-17)22(28)32-18-10-8-15(9-11-18)13-24-25-21(27)14-31-20-7-2-1-6-19(20)26(29)30/h1-13H,14H2,(H,25,27)/b24-13-. The maximum atomic E-state index is 12.1. The number of nitro benzene ring substituents is 1. The molecule has 0 saturated heterocycles. The molecule has 9 nitrogen and oxygen atoms in total. The van der Waals surface area contributed by atoms with Gasteiger partial charge in [-0.2, -0.15) is 5.10 Å². The number of benzene rings is 3. The molecule has 0 spiro atoms. The molecule has 0 saturated carbocycles. The zero-order chi connectivity index (χ0) is 22.9. The van der Waals surface area contributed by atoms with E-state index in [0.717, 1.165) is 0 Å². The molecular formula is C22H16ClN3O6. The number of hydrogen-bond acceptors (Lipinski definition) is 7. The molecule has 0 atom stereocenters. The highest BCUT2D eigenvalue weighted by atomic mass is 35.5. The van der Waals surface area contributed by atoms with Crippen LogP contribution in [0.2, 0.25) is 5.02 Å². The molecule has 0 unspecified atom stereocenters. The Balaban J connectivity index is 1.49. The Kier molecular flexibility index (Phi) is 7.50. The highest BCUT2D eigenvalue weighted by molar-refractivity contribution is 6.30. The van der Waals surface area contributed by atoms with Crippen molar-refractivity contribution < 1.29 is 24.0 Å². The van der Waals surface area contributed by atoms with Gasteiger partial charge in [-0.3, -0.25) is 14.9 Å². The van der Waals surface area contributed by atoms with Gasteiger partial charge in [0.25, 0.3) is 5.91 Å². The lowest BCUT2D eigenvalue weighted by Crippen LogP contribution is -2.24. The molecule has 0 aromatic heterocycles. The smallest absolute Gasteiger partial charge is 0.343 e. The molecule has 0 aliphatic heterocycles. The molecule has 3 aromatic rings. The van der Waals surface area contributed by atoms with Crippen LogP contribution in [0.25, 0.3) is 0 Å². The van der Waals surface area contributed by atoms with E-state index in [2.05, 4.69) is 10.5 Å². The SMILES string of the molecule is O=C(COc1ccccc1[N+](=O)[O-])N/N=C\c1ccc(OC(=O)c2cccc(Cl)c2)cc1. The third-order valence-corrected chi connectivity index (χ3v) is 4.21. The fourth-order valence-electron chi connectivity index (χ4n) is 2.49. The maximum Gasteiger partial charge on any atom is 0.343 e. The van der Waals surface area contributed by atoms with Crippen molar-refractivity contribution in [3.05, 3.63) is 99.1 Å². The molecule has 0 heterocycles. The third kappa shape index (κ3) is 6.38. The Morgan fingerprint density at radius 2 is 1.81 bits per heavy atom. The predicted molar refractivity (Wildman–Crippen MR) is 117 cm³/mol. The number of hydrogen-bond donors (Lipinski definition) is 1. The monoisotopic (exact) mass is 453 g/mol. The fourth-order valence-corrected chi connectivity index (χ4v) is 2.68. The molecule has 0 fully saturated rings. The average Bonchev–Trinajstić information content (AvgIpc) is 2.79. The second kappa shape index (κ2) is 10.7. The third-order valence-electron chi connectivity index (χ3n) is 3.97. The van der Waals surface area contributed by atoms with Gasteiger partial charge in [0.05, 0.1) is 16.7 Å². The number of nitrogens with one attached hydrogen (secondary N) is 1. The summed E-state index contributed by atoms with van der Waals surface area (Å²) in [6.45, 7) is -0.444. The average molecular weight is 454 g/mol. The van der Waals surface area contributed by atoms with Crippen LogP contribution in [0.4, 0.5) is 5.69 Å². The van der Waals surface area contributed by atoms with Crippen molar-refractivity contribution in [2.24, 2.45) is 5.10 Å². The van der Waals surface area contributed by atoms with Gasteiger partial charge in [-0.05, 0) is 54.1 Å². The van der Waals surface area contributed by atoms with E-state index >= 15 is 0 Å². The summed E-state index contributed by atoms with van der Waals surface area (Å²) in [5.74, 6) is -0.820. The van der Waals surface area contributed by atoms with Gasteiger partial charge in [0, 0.05) is 11.1 Å². The van der Waals surface area contributed by atoms with Gasteiger partial charge in [0.1, 0.15) is 5.75 Å². The highest BCUT2D eigenvalue weighted by Gasteiger charge is 2.14. The molecule has 1 N–H and O–H groups in total. The molecule has 10 heteroatoms. The summed E-state index contributed by atoms with van der Waals surface area (Å²) in [5.41, 5.74) is 2.98. The van der Waals surface area contributed by atoms with Crippen LogP contribution >= 0.6 is 11.6 Å². The zero-order valence-corrected chi connectivity index (χ0v) is 17.2. The number of ether oxygens (including phenoxy) is 2. The molecule has 162 valence electrons. The van der Waals surface area contributed by atoms with Gasteiger partial charge in [-0.25, -0.2) is 10.2 Å². The number of hydrazone groups is 1. The van der Waals surface area contributed by atoms with Gasteiger partial charge >= 0.3 is 11.7 Å². The lowest BCUT2D eigenvalue weighted by atomic mass is 10.2. The van der Waals surface area contributed by atoms with E-state index in [1.165, 1.54) is 30.5 Å². The quantitative estimate of drug-likeness (QED) is 0.181. The first-order valence-electron chi connectivity index (χ1n) is 9.18. The minimum absolute atomic E-state index is 0.0143. The van der Waals surface area contributed by atoms with Crippen molar-refractivity contribution in [3.8, 4) is 11.5 Å². The van der Waals surface area contributed by atoms with Crippen molar-refractivity contribution >= 4 is 35.4 Å². The van der Waals surface area contributed by atoms with E-state index in [-0.39, 0.29) is 11.4 Å². The van der Waals surface area contributed by atoms with Crippen LogP contribution in [0.5, 0.6) is 11.5 Å². The van der Waals surface area contributed by atoms with E-state index in [4.69, 9.17) is 21.1 Å². The van der Waals surface area contributed by atoms with E-state index in [1.54, 1.807) is 48.5 Å². The van der Waals surface area contributed by atoms with Gasteiger partial charge in [0.15, 0.2) is 12.4 Å². The lowest BCUT2D eigenvalue weighted by molar-refractivity contribution is -0.385. The minimum atomic E-state index is -0.596. The van der Waals surface area contributed by atoms with Crippen LogP contribution < -0.4 is 14.9 Å². The normalized spacial score (nSPS) is 10.5. The van der Waals surface area contributed by atoms with Crippen molar-refractivity contribution in [2.45, 2.75) is 0 Å². The maximum absolute atomic E-state index is 12.1. The molecule has 3 aromatic carbocycles. The second-order valence-electron chi connectivity index (χ2n) is 6.28. The van der Waals surface area contributed by atoms with Gasteiger partial charge < -0.3 is 9.47 Å². The first kappa shape index (κ1) is 22.4. The van der Waals surface area contributed by atoms with Gasteiger partial charge in [-0.1, -0.05) is 29.8 Å². The van der Waals surface area contributed by atoms with Crippen LogP contribution in [0, 0.1) is 10.1 Å². The Hall–Kier alpha value is -4.24. The number of esters is 1. The Bertz CT molecular complexity index is 1160. The number of carbonyl (C=O) groups is 2. The number of rotatable bonds is 8. The lowest BCUT2D eigenvalue weighted by Gasteiger charge is -2.05. The van der Waals surface area contributed by atoms with E-state index < -0.39 is 23.4 Å². The van der Waals surface area contributed by atoms with Crippen LogP contribution in [0.3, 0.4) is 0 Å². The first-order chi connectivity index (χ1) is 15.4. The molecule has 32 heavy (non-hydrogen) atoms. The van der Waals surface area contributed by atoms with Crippen molar-refractivity contribution in [2.75, 3.05) is 6.61 Å². The number of para-hydroxylation sites is 2. The fraction of sp³-hybridized carbons (Fsp3) is 0.0455. The van der Waals surface area contributed by atoms with E-state index in [0.29, 0.717) is 21.9 Å². The predicted octanol–water partition coefficient (Wildman–Crippen LogP) is 4.00. The topological polar surface area (TPSA) is 120 Å². The summed E-state index contributed by atoms with van der Waals surface area (Å²) < 4.78 is 10.5. The minimum Gasteiger partial charge on any atom is -0.477 e. The Morgan fingerprint density at radius 3 is 2.53 bits per heavy atom. The summed E-state index contributed by atoms with van der Waals surface area (Å²) in [6.07, 6.45) is 1.38. The van der Waals surface area contributed by atoms with Crippen LogP contribution in [0.15, 0.2) is 77.9 Å². The summed E-state index contributed by atoms with van der Waals surface area (Å²) in [6, 6.07) is 18.6. The molecule has 0 radical (unpaired) electrons. The van der Waals surface area contributed by atoms with Crippen molar-refractivity contribution in [3.63, 3.8) is 0 Å². The largest absolute Gasteiger partial charge is 0.477 e. The number of nitro groups is 1. The Morgan fingerprint density at radius 1 is 1.06 bits per heavy atom.